The summed E-state index contributed by atoms with van der Waals surface area (Å²) in [6.45, 7) is 3.79. The molecule has 0 unspecified atom stereocenters. The van der Waals surface area contributed by atoms with E-state index in [1.807, 2.05) is 18.8 Å². The summed E-state index contributed by atoms with van der Waals surface area (Å²) < 4.78 is 0. The topological polar surface area (TPSA) is 12.0 Å². The third kappa shape index (κ3) is 4.06. The molecule has 0 radical (unpaired) electrons. The van der Waals surface area contributed by atoms with Crippen LogP contribution in [0.1, 0.15) is 6.42 Å². The lowest BCUT2D eigenvalue weighted by molar-refractivity contribution is 0.915. The van der Waals surface area contributed by atoms with Gasteiger partial charge in [0.2, 0.25) is 0 Å². The Morgan fingerprint density at radius 1 is 1.75 bits per heavy atom. The lowest BCUT2D eigenvalue weighted by Gasteiger charge is -2.00. The SMILES string of the molecule is C=C(CCSC)NC. The minimum atomic E-state index is 1.08. The van der Waals surface area contributed by atoms with Gasteiger partial charge < -0.3 is 5.32 Å². The van der Waals surface area contributed by atoms with E-state index < -0.39 is 0 Å². The fourth-order valence-electron chi connectivity index (χ4n) is 0.350. The molecule has 0 saturated carbocycles. The Balaban J connectivity index is 2.99. The Morgan fingerprint density at radius 2 is 2.38 bits per heavy atom. The van der Waals surface area contributed by atoms with Gasteiger partial charge in [0.25, 0.3) is 0 Å². The van der Waals surface area contributed by atoms with Gasteiger partial charge in [-0.2, -0.15) is 11.8 Å². The van der Waals surface area contributed by atoms with Crippen LogP contribution in [0.5, 0.6) is 0 Å². The van der Waals surface area contributed by atoms with Gasteiger partial charge in [-0.1, -0.05) is 6.58 Å². The van der Waals surface area contributed by atoms with Crippen molar-refractivity contribution in [2.24, 2.45) is 0 Å². The Labute approximate surface area is 55.5 Å². The van der Waals surface area contributed by atoms with Gasteiger partial charge in [-0.05, 0) is 18.4 Å². The van der Waals surface area contributed by atoms with Crippen LogP contribution in [0.15, 0.2) is 12.3 Å². The Kier molecular flexibility index (Phi) is 4.97. The number of nitrogens with one attached hydrogen (secondary N) is 1. The molecule has 0 aliphatic carbocycles. The van der Waals surface area contributed by atoms with E-state index in [0.717, 1.165) is 12.1 Å². The molecule has 8 heavy (non-hydrogen) atoms. The molecule has 0 atom stereocenters. The van der Waals surface area contributed by atoms with Gasteiger partial charge in [-0.15, -0.1) is 0 Å². The fourth-order valence-corrected chi connectivity index (χ4v) is 0.801. The molecule has 0 bridgehead atoms. The smallest absolute Gasteiger partial charge is 0.00393 e. The molecule has 0 aliphatic heterocycles. The highest BCUT2D eigenvalue weighted by Gasteiger charge is 1.85. The molecule has 2 heteroatoms. The van der Waals surface area contributed by atoms with E-state index in [9.17, 15) is 0 Å². The summed E-state index contributed by atoms with van der Waals surface area (Å²) in [5.74, 6) is 1.17. The summed E-state index contributed by atoms with van der Waals surface area (Å²) in [6, 6.07) is 0. The first-order chi connectivity index (χ1) is 3.81. The van der Waals surface area contributed by atoms with Gasteiger partial charge in [0.05, 0.1) is 0 Å². The van der Waals surface area contributed by atoms with Crippen LogP contribution in [-0.2, 0) is 0 Å². The van der Waals surface area contributed by atoms with E-state index >= 15 is 0 Å². The van der Waals surface area contributed by atoms with Crippen molar-refractivity contribution in [1.29, 1.82) is 0 Å². The molecule has 0 saturated heterocycles. The van der Waals surface area contributed by atoms with Gasteiger partial charge in [0.1, 0.15) is 0 Å². The third-order valence-corrected chi connectivity index (χ3v) is 1.57. The molecular weight excluding hydrogens is 118 g/mol. The monoisotopic (exact) mass is 131 g/mol. The summed E-state index contributed by atoms with van der Waals surface area (Å²) in [7, 11) is 1.91. The Bertz CT molecular complexity index is 70.9. The zero-order chi connectivity index (χ0) is 6.41. The molecule has 48 valence electrons. The second-order valence-corrected chi connectivity index (χ2v) is 2.58. The van der Waals surface area contributed by atoms with Crippen LogP contribution in [-0.4, -0.2) is 19.1 Å². The van der Waals surface area contributed by atoms with Crippen molar-refractivity contribution in [2.45, 2.75) is 6.42 Å². The molecule has 0 aromatic heterocycles. The quantitative estimate of drug-likeness (QED) is 0.620. The van der Waals surface area contributed by atoms with Crippen LogP contribution in [0.2, 0.25) is 0 Å². The maximum Gasteiger partial charge on any atom is 0.00393 e. The van der Waals surface area contributed by atoms with E-state index in [2.05, 4.69) is 18.2 Å². The zero-order valence-electron chi connectivity index (χ0n) is 5.53. The Morgan fingerprint density at radius 3 is 2.75 bits per heavy atom. The molecule has 0 aromatic rings. The number of rotatable bonds is 4. The predicted molar refractivity (Wildman–Crippen MR) is 41.2 cm³/mol. The molecule has 0 aliphatic rings. The van der Waals surface area contributed by atoms with Crippen molar-refractivity contribution in [1.82, 2.24) is 5.32 Å². The molecule has 0 fully saturated rings. The molecule has 1 nitrogen and oxygen atoms in total. The summed E-state index contributed by atoms with van der Waals surface area (Å²) in [6.07, 6.45) is 3.18. The first-order valence-electron chi connectivity index (χ1n) is 2.65. The summed E-state index contributed by atoms with van der Waals surface area (Å²) in [5.41, 5.74) is 1.12. The van der Waals surface area contributed by atoms with Crippen molar-refractivity contribution in [3.05, 3.63) is 12.3 Å². The largest absolute Gasteiger partial charge is 0.392 e. The average molecular weight is 131 g/mol. The van der Waals surface area contributed by atoms with Gasteiger partial charge in [0.15, 0.2) is 0 Å². The minimum Gasteiger partial charge on any atom is -0.392 e. The lowest BCUT2D eigenvalue weighted by atomic mass is 10.4. The number of hydrogen-bond donors (Lipinski definition) is 1. The number of allylic oxidation sites excluding steroid dienone is 1. The van der Waals surface area contributed by atoms with Crippen LogP contribution in [0.25, 0.3) is 0 Å². The molecule has 0 aromatic carbocycles. The minimum absolute atomic E-state index is 1.08. The Hall–Kier alpha value is -0.110. The van der Waals surface area contributed by atoms with Crippen molar-refractivity contribution in [2.75, 3.05) is 19.1 Å². The molecule has 1 N–H and O–H groups in total. The number of hydrogen-bond acceptors (Lipinski definition) is 2. The maximum absolute atomic E-state index is 3.79. The van der Waals surface area contributed by atoms with Gasteiger partial charge >= 0.3 is 0 Å². The second-order valence-electron chi connectivity index (χ2n) is 1.60. The highest BCUT2D eigenvalue weighted by Crippen LogP contribution is 1.99. The van der Waals surface area contributed by atoms with Crippen molar-refractivity contribution in [3.63, 3.8) is 0 Å². The first kappa shape index (κ1) is 7.89. The normalized spacial score (nSPS) is 8.75. The number of thioether (sulfide) groups is 1. The van der Waals surface area contributed by atoms with Crippen molar-refractivity contribution in [3.8, 4) is 0 Å². The standard InChI is InChI=1S/C6H13NS/c1-6(7-2)4-5-8-3/h7H,1,4-5H2,2-3H3. The third-order valence-electron chi connectivity index (χ3n) is 0.962. The van der Waals surface area contributed by atoms with Gasteiger partial charge in [-0.3, -0.25) is 0 Å². The van der Waals surface area contributed by atoms with E-state index in [4.69, 9.17) is 0 Å². The average Bonchev–Trinajstić information content (AvgIpc) is 1.83. The zero-order valence-corrected chi connectivity index (χ0v) is 6.35. The van der Waals surface area contributed by atoms with Crippen LogP contribution in [0.4, 0.5) is 0 Å². The molecule has 0 amide bonds. The second kappa shape index (κ2) is 5.04. The summed E-state index contributed by atoms with van der Waals surface area (Å²) in [4.78, 5) is 0. The molecule has 0 heterocycles. The first-order valence-corrected chi connectivity index (χ1v) is 4.05. The highest BCUT2D eigenvalue weighted by molar-refractivity contribution is 7.98. The van der Waals surface area contributed by atoms with Gasteiger partial charge in [0, 0.05) is 12.7 Å². The van der Waals surface area contributed by atoms with Gasteiger partial charge in [-0.25, -0.2) is 0 Å². The van der Waals surface area contributed by atoms with Crippen molar-refractivity contribution < 1.29 is 0 Å². The van der Waals surface area contributed by atoms with E-state index in [1.165, 1.54) is 5.75 Å². The summed E-state index contributed by atoms with van der Waals surface area (Å²) in [5, 5.41) is 2.99. The van der Waals surface area contributed by atoms with Crippen LogP contribution in [0, 0.1) is 0 Å². The van der Waals surface area contributed by atoms with Crippen LogP contribution >= 0.6 is 11.8 Å². The van der Waals surface area contributed by atoms with Crippen molar-refractivity contribution >= 4 is 11.8 Å². The van der Waals surface area contributed by atoms with E-state index in [1.54, 1.807) is 0 Å². The molecule has 0 spiro atoms. The highest BCUT2D eigenvalue weighted by atomic mass is 32.2. The maximum atomic E-state index is 3.79. The molecular formula is C6H13NS. The molecule has 0 rings (SSSR count). The van der Waals surface area contributed by atoms with Crippen LogP contribution in [0.3, 0.4) is 0 Å². The van der Waals surface area contributed by atoms with Crippen LogP contribution < -0.4 is 5.32 Å². The van der Waals surface area contributed by atoms with E-state index in [0.29, 0.717) is 0 Å². The predicted octanol–water partition coefficient (Wildman–Crippen LogP) is 1.47. The lowest BCUT2D eigenvalue weighted by Crippen LogP contribution is -2.04. The summed E-state index contributed by atoms with van der Waals surface area (Å²) >= 11 is 1.84. The van der Waals surface area contributed by atoms with E-state index in [-0.39, 0.29) is 0 Å². The fraction of sp³-hybridized carbons (Fsp3) is 0.667.